The van der Waals surface area contributed by atoms with E-state index in [4.69, 9.17) is 16.7 Å². The molecule has 1 rings (SSSR count). The SMILES string of the molecule is O=C(NCCSCCCO)C(Cl)c1ccccc1. The standard InChI is InChI=1S/C13H18ClNO2S/c14-12(11-5-2-1-3-6-11)13(17)15-7-10-18-9-4-8-16/h1-3,5-6,12,16H,4,7-10H2,(H,15,17). The zero-order chi connectivity index (χ0) is 13.2. The number of alkyl halides is 1. The van der Waals surface area contributed by atoms with Gasteiger partial charge in [0.25, 0.3) is 0 Å². The van der Waals surface area contributed by atoms with E-state index in [0.717, 1.165) is 23.5 Å². The molecule has 100 valence electrons. The maximum absolute atomic E-state index is 11.7. The van der Waals surface area contributed by atoms with Crippen LogP contribution in [0.25, 0.3) is 0 Å². The van der Waals surface area contributed by atoms with Crippen molar-refractivity contribution in [2.75, 3.05) is 24.7 Å². The summed E-state index contributed by atoms with van der Waals surface area (Å²) in [5, 5.41) is 10.8. The summed E-state index contributed by atoms with van der Waals surface area (Å²) in [5.41, 5.74) is 0.810. The maximum atomic E-state index is 11.7. The minimum atomic E-state index is -0.631. The molecule has 0 aromatic heterocycles. The average Bonchev–Trinajstić information content (AvgIpc) is 2.42. The molecular weight excluding hydrogens is 270 g/mol. The minimum absolute atomic E-state index is 0.161. The molecule has 0 fully saturated rings. The molecular formula is C13H18ClNO2S. The molecule has 0 heterocycles. The minimum Gasteiger partial charge on any atom is -0.396 e. The zero-order valence-electron chi connectivity index (χ0n) is 10.1. The Balaban J connectivity index is 2.20. The predicted molar refractivity (Wildman–Crippen MR) is 77.1 cm³/mol. The summed E-state index contributed by atoms with van der Waals surface area (Å²) >= 11 is 7.78. The van der Waals surface area contributed by atoms with Gasteiger partial charge < -0.3 is 10.4 Å². The first-order valence-corrected chi connectivity index (χ1v) is 7.50. The average molecular weight is 288 g/mol. The summed E-state index contributed by atoms with van der Waals surface area (Å²) in [5.74, 6) is 1.59. The fraction of sp³-hybridized carbons (Fsp3) is 0.462. The number of nitrogens with one attached hydrogen (secondary N) is 1. The second-order valence-corrected chi connectivity index (χ2v) is 5.41. The van der Waals surface area contributed by atoms with E-state index in [1.165, 1.54) is 0 Å². The van der Waals surface area contributed by atoms with Gasteiger partial charge in [-0.05, 0) is 17.7 Å². The lowest BCUT2D eigenvalue weighted by molar-refractivity contribution is -0.120. The van der Waals surface area contributed by atoms with Gasteiger partial charge in [-0.2, -0.15) is 11.8 Å². The highest BCUT2D eigenvalue weighted by Crippen LogP contribution is 2.19. The first-order valence-electron chi connectivity index (χ1n) is 5.91. The summed E-state index contributed by atoms with van der Waals surface area (Å²) < 4.78 is 0. The number of benzene rings is 1. The maximum Gasteiger partial charge on any atom is 0.242 e. The van der Waals surface area contributed by atoms with E-state index in [0.29, 0.717) is 6.54 Å². The van der Waals surface area contributed by atoms with Gasteiger partial charge in [0.15, 0.2) is 0 Å². The second-order valence-electron chi connectivity index (χ2n) is 3.75. The molecule has 0 aliphatic heterocycles. The molecule has 5 heteroatoms. The van der Waals surface area contributed by atoms with Crippen molar-refractivity contribution >= 4 is 29.3 Å². The number of aliphatic hydroxyl groups is 1. The van der Waals surface area contributed by atoms with Crippen LogP contribution in [0.1, 0.15) is 17.4 Å². The normalized spacial score (nSPS) is 12.1. The third kappa shape index (κ3) is 5.76. The quantitative estimate of drug-likeness (QED) is 0.569. The van der Waals surface area contributed by atoms with Crippen molar-refractivity contribution in [3.8, 4) is 0 Å². The third-order valence-corrected chi connectivity index (χ3v) is 3.84. The summed E-state index contributed by atoms with van der Waals surface area (Å²) in [6.45, 7) is 0.822. The number of hydrogen-bond donors (Lipinski definition) is 2. The van der Waals surface area contributed by atoms with Crippen molar-refractivity contribution in [2.24, 2.45) is 0 Å². The lowest BCUT2D eigenvalue weighted by Gasteiger charge is -2.10. The van der Waals surface area contributed by atoms with E-state index < -0.39 is 5.38 Å². The number of rotatable bonds is 8. The Morgan fingerprint density at radius 1 is 1.33 bits per heavy atom. The molecule has 1 aromatic carbocycles. The van der Waals surface area contributed by atoms with E-state index in [-0.39, 0.29) is 12.5 Å². The molecule has 0 radical (unpaired) electrons. The molecule has 0 aliphatic carbocycles. The van der Waals surface area contributed by atoms with Gasteiger partial charge in [0.05, 0.1) is 0 Å². The number of aliphatic hydroxyl groups excluding tert-OH is 1. The Kier molecular flexibility index (Phi) is 7.89. The highest BCUT2D eigenvalue weighted by Gasteiger charge is 2.16. The van der Waals surface area contributed by atoms with Crippen LogP contribution in [-0.2, 0) is 4.79 Å². The van der Waals surface area contributed by atoms with Gasteiger partial charge in [0, 0.05) is 18.9 Å². The summed E-state index contributed by atoms with van der Waals surface area (Å²) in [7, 11) is 0. The Morgan fingerprint density at radius 3 is 2.72 bits per heavy atom. The van der Waals surface area contributed by atoms with E-state index in [1.54, 1.807) is 11.8 Å². The number of halogens is 1. The molecule has 1 aromatic rings. The van der Waals surface area contributed by atoms with Crippen LogP contribution in [0.2, 0.25) is 0 Å². The number of carbonyl (C=O) groups excluding carboxylic acids is 1. The fourth-order valence-corrected chi connectivity index (χ4v) is 2.38. The van der Waals surface area contributed by atoms with E-state index in [2.05, 4.69) is 5.32 Å². The molecule has 0 saturated heterocycles. The summed E-state index contributed by atoms with van der Waals surface area (Å²) in [6, 6.07) is 9.30. The van der Waals surface area contributed by atoms with Crippen molar-refractivity contribution < 1.29 is 9.90 Å². The largest absolute Gasteiger partial charge is 0.396 e. The Bertz CT molecular complexity index is 348. The van der Waals surface area contributed by atoms with E-state index in [9.17, 15) is 4.79 Å². The van der Waals surface area contributed by atoms with Crippen LogP contribution in [0.4, 0.5) is 0 Å². The van der Waals surface area contributed by atoms with Gasteiger partial charge in [0.2, 0.25) is 5.91 Å². The summed E-state index contributed by atoms with van der Waals surface area (Å²) in [6.07, 6.45) is 0.792. The van der Waals surface area contributed by atoms with Gasteiger partial charge in [0.1, 0.15) is 5.38 Å². The lowest BCUT2D eigenvalue weighted by atomic mass is 10.1. The van der Waals surface area contributed by atoms with E-state index in [1.807, 2.05) is 30.3 Å². The second kappa shape index (κ2) is 9.25. The molecule has 1 unspecified atom stereocenters. The predicted octanol–water partition coefficient (Wildman–Crippen LogP) is 2.20. The van der Waals surface area contributed by atoms with Crippen LogP contribution in [-0.4, -0.2) is 35.7 Å². The first kappa shape index (κ1) is 15.3. The van der Waals surface area contributed by atoms with Crippen molar-refractivity contribution in [1.82, 2.24) is 5.32 Å². The highest BCUT2D eigenvalue weighted by molar-refractivity contribution is 7.99. The zero-order valence-corrected chi connectivity index (χ0v) is 11.7. The van der Waals surface area contributed by atoms with Crippen LogP contribution in [0.5, 0.6) is 0 Å². The van der Waals surface area contributed by atoms with Crippen LogP contribution in [0.3, 0.4) is 0 Å². The van der Waals surface area contributed by atoms with Crippen molar-refractivity contribution in [3.63, 3.8) is 0 Å². The summed E-state index contributed by atoms with van der Waals surface area (Å²) in [4.78, 5) is 11.7. The van der Waals surface area contributed by atoms with Crippen LogP contribution < -0.4 is 5.32 Å². The third-order valence-electron chi connectivity index (χ3n) is 2.31. The van der Waals surface area contributed by atoms with Gasteiger partial charge in [-0.15, -0.1) is 11.6 Å². The Hall–Kier alpha value is -0.710. The monoisotopic (exact) mass is 287 g/mol. The van der Waals surface area contributed by atoms with Gasteiger partial charge in [-0.1, -0.05) is 30.3 Å². The number of carbonyl (C=O) groups is 1. The van der Waals surface area contributed by atoms with Crippen LogP contribution in [0, 0.1) is 0 Å². The first-order chi connectivity index (χ1) is 8.75. The van der Waals surface area contributed by atoms with Gasteiger partial charge >= 0.3 is 0 Å². The van der Waals surface area contributed by atoms with Gasteiger partial charge in [-0.25, -0.2) is 0 Å². The molecule has 0 bridgehead atoms. The molecule has 2 N–H and O–H groups in total. The number of thioether (sulfide) groups is 1. The molecule has 3 nitrogen and oxygen atoms in total. The molecule has 1 amide bonds. The Labute approximate surface area is 117 Å². The van der Waals surface area contributed by atoms with E-state index >= 15 is 0 Å². The van der Waals surface area contributed by atoms with Crippen molar-refractivity contribution in [1.29, 1.82) is 0 Å². The number of amides is 1. The molecule has 18 heavy (non-hydrogen) atoms. The number of hydrogen-bond acceptors (Lipinski definition) is 3. The van der Waals surface area contributed by atoms with Crippen molar-refractivity contribution in [3.05, 3.63) is 35.9 Å². The fourth-order valence-electron chi connectivity index (χ4n) is 1.38. The van der Waals surface area contributed by atoms with Crippen molar-refractivity contribution in [2.45, 2.75) is 11.8 Å². The molecule has 0 aliphatic rings. The topological polar surface area (TPSA) is 49.3 Å². The molecule has 0 saturated carbocycles. The van der Waals surface area contributed by atoms with Gasteiger partial charge in [-0.3, -0.25) is 4.79 Å². The van der Waals surface area contributed by atoms with Crippen LogP contribution in [0.15, 0.2) is 30.3 Å². The highest BCUT2D eigenvalue weighted by atomic mass is 35.5. The smallest absolute Gasteiger partial charge is 0.242 e. The molecule has 0 spiro atoms. The lowest BCUT2D eigenvalue weighted by Crippen LogP contribution is -2.29. The molecule has 1 atom stereocenters. The Morgan fingerprint density at radius 2 is 2.06 bits per heavy atom. The van der Waals surface area contributed by atoms with Crippen LogP contribution >= 0.6 is 23.4 Å².